The molecule has 0 spiro atoms. The van der Waals surface area contributed by atoms with Gasteiger partial charge in [0.1, 0.15) is 0 Å². The molecule has 0 aliphatic carbocycles. The minimum absolute atomic E-state index is 0.0735. The quantitative estimate of drug-likeness (QED) is 0.895. The summed E-state index contributed by atoms with van der Waals surface area (Å²) in [4.78, 5) is 11.1. The summed E-state index contributed by atoms with van der Waals surface area (Å²) >= 11 is 5.90. The van der Waals surface area contributed by atoms with E-state index in [4.69, 9.17) is 16.7 Å². The van der Waals surface area contributed by atoms with Crippen molar-refractivity contribution in [2.45, 2.75) is 26.2 Å². The number of carboxylic acids is 1. The van der Waals surface area contributed by atoms with Crippen molar-refractivity contribution in [2.24, 2.45) is 0 Å². The number of hydrogen-bond acceptors (Lipinski definition) is 1. The van der Waals surface area contributed by atoms with Crippen LogP contribution in [0.4, 0.5) is 0 Å². The summed E-state index contributed by atoms with van der Waals surface area (Å²) in [6.45, 7) is 4.09. The number of rotatable bonds is 4. The van der Waals surface area contributed by atoms with Gasteiger partial charge in [0.2, 0.25) is 0 Å². The first kappa shape index (κ1) is 14.6. The molecule has 1 unspecified atom stereocenters. The van der Waals surface area contributed by atoms with E-state index in [1.54, 1.807) is 12.1 Å². The Balaban J connectivity index is 2.43. The van der Waals surface area contributed by atoms with Crippen molar-refractivity contribution in [1.29, 1.82) is 0 Å². The van der Waals surface area contributed by atoms with Gasteiger partial charge < -0.3 is 5.11 Å². The average Bonchev–Trinajstić information content (AvgIpc) is 2.40. The van der Waals surface area contributed by atoms with E-state index in [-0.39, 0.29) is 12.3 Å². The first-order chi connectivity index (χ1) is 9.47. The zero-order valence-electron chi connectivity index (χ0n) is 11.6. The van der Waals surface area contributed by atoms with Crippen LogP contribution in [0.2, 0.25) is 5.02 Å². The Morgan fingerprint density at radius 2 is 1.65 bits per heavy atom. The largest absolute Gasteiger partial charge is 0.481 e. The van der Waals surface area contributed by atoms with E-state index in [9.17, 15) is 4.79 Å². The molecular weight excluding hydrogens is 272 g/mol. The summed E-state index contributed by atoms with van der Waals surface area (Å²) in [5.41, 5.74) is 4.38. The SMILES string of the molecule is Cc1ccc(C(CC(=O)O)c2ccc(Cl)cc2)cc1C. The summed E-state index contributed by atoms with van der Waals surface area (Å²) in [6, 6.07) is 13.5. The Labute approximate surface area is 124 Å². The summed E-state index contributed by atoms with van der Waals surface area (Å²) in [6.07, 6.45) is 0.0735. The molecule has 104 valence electrons. The lowest BCUT2D eigenvalue weighted by Gasteiger charge is -2.17. The fourth-order valence-corrected chi connectivity index (χ4v) is 2.41. The van der Waals surface area contributed by atoms with Crippen molar-refractivity contribution in [3.05, 3.63) is 69.7 Å². The minimum Gasteiger partial charge on any atom is -0.481 e. The Hall–Kier alpha value is -1.80. The van der Waals surface area contributed by atoms with Gasteiger partial charge in [-0.3, -0.25) is 4.79 Å². The number of aryl methyl sites for hydroxylation is 2. The molecule has 0 heterocycles. The molecule has 2 aromatic carbocycles. The van der Waals surface area contributed by atoms with Gasteiger partial charge in [0.15, 0.2) is 0 Å². The van der Waals surface area contributed by atoms with E-state index in [2.05, 4.69) is 6.07 Å². The highest BCUT2D eigenvalue weighted by Crippen LogP contribution is 2.30. The third-order valence-corrected chi connectivity index (χ3v) is 3.84. The lowest BCUT2D eigenvalue weighted by molar-refractivity contribution is -0.137. The topological polar surface area (TPSA) is 37.3 Å². The van der Waals surface area contributed by atoms with E-state index < -0.39 is 5.97 Å². The third-order valence-electron chi connectivity index (χ3n) is 3.58. The molecule has 0 radical (unpaired) electrons. The van der Waals surface area contributed by atoms with E-state index in [0.717, 1.165) is 11.1 Å². The number of carbonyl (C=O) groups is 1. The first-order valence-electron chi connectivity index (χ1n) is 6.52. The second-order valence-electron chi connectivity index (χ2n) is 5.05. The highest BCUT2D eigenvalue weighted by Gasteiger charge is 2.18. The Morgan fingerprint density at radius 1 is 1.05 bits per heavy atom. The van der Waals surface area contributed by atoms with E-state index in [0.29, 0.717) is 5.02 Å². The smallest absolute Gasteiger partial charge is 0.304 e. The maximum absolute atomic E-state index is 11.1. The normalized spacial score (nSPS) is 12.2. The van der Waals surface area contributed by atoms with Crippen LogP contribution in [0.1, 0.15) is 34.6 Å². The van der Waals surface area contributed by atoms with Crippen LogP contribution >= 0.6 is 11.6 Å². The first-order valence-corrected chi connectivity index (χ1v) is 6.89. The van der Waals surface area contributed by atoms with Crippen LogP contribution in [0, 0.1) is 13.8 Å². The summed E-state index contributed by atoms with van der Waals surface area (Å²) in [5.74, 6) is -0.952. The zero-order chi connectivity index (χ0) is 14.7. The zero-order valence-corrected chi connectivity index (χ0v) is 12.3. The van der Waals surface area contributed by atoms with Crippen molar-refractivity contribution < 1.29 is 9.90 Å². The van der Waals surface area contributed by atoms with Gasteiger partial charge in [0, 0.05) is 10.9 Å². The van der Waals surface area contributed by atoms with Crippen LogP contribution in [-0.4, -0.2) is 11.1 Å². The molecule has 0 aromatic heterocycles. The molecule has 0 aliphatic heterocycles. The fraction of sp³-hybridized carbons (Fsp3) is 0.235. The van der Waals surface area contributed by atoms with Crippen molar-refractivity contribution in [3.63, 3.8) is 0 Å². The van der Waals surface area contributed by atoms with Gasteiger partial charge in [-0.25, -0.2) is 0 Å². The second-order valence-corrected chi connectivity index (χ2v) is 5.48. The maximum atomic E-state index is 11.1. The van der Waals surface area contributed by atoms with Crippen LogP contribution < -0.4 is 0 Å². The van der Waals surface area contributed by atoms with Crippen molar-refractivity contribution in [2.75, 3.05) is 0 Å². The monoisotopic (exact) mass is 288 g/mol. The second kappa shape index (κ2) is 6.10. The highest BCUT2D eigenvalue weighted by atomic mass is 35.5. The number of benzene rings is 2. The van der Waals surface area contributed by atoms with Crippen LogP contribution in [-0.2, 0) is 4.79 Å². The van der Waals surface area contributed by atoms with Gasteiger partial charge in [-0.05, 0) is 48.2 Å². The molecule has 0 saturated carbocycles. The van der Waals surface area contributed by atoms with E-state index in [1.165, 1.54) is 11.1 Å². The van der Waals surface area contributed by atoms with Gasteiger partial charge >= 0.3 is 5.97 Å². The van der Waals surface area contributed by atoms with Gasteiger partial charge in [0.05, 0.1) is 6.42 Å². The molecule has 0 saturated heterocycles. The molecule has 1 N–H and O–H groups in total. The fourth-order valence-electron chi connectivity index (χ4n) is 2.28. The van der Waals surface area contributed by atoms with E-state index in [1.807, 2.05) is 38.1 Å². The predicted octanol–water partition coefficient (Wildman–Crippen LogP) is 4.56. The summed E-state index contributed by atoms with van der Waals surface area (Å²) in [5, 5.41) is 9.81. The van der Waals surface area contributed by atoms with Gasteiger partial charge in [0.25, 0.3) is 0 Å². The van der Waals surface area contributed by atoms with Crippen molar-refractivity contribution in [1.82, 2.24) is 0 Å². The van der Waals surface area contributed by atoms with Gasteiger partial charge in [-0.2, -0.15) is 0 Å². The molecule has 1 atom stereocenters. The van der Waals surface area contributed by atoms with Crippen LogP contribution in [0.5, 0.6) is 0 Å². The van der Waals surface area contributed by atoms with Crippen LogP contribution in [0.3, 0.4) is 0 Å². The van der Waals surface area contributed by atoms with E-state index >= 15 is 0 Å². The standard InChI is InChI=1S/C17H17ClO2/c1-11-3-4-14(9-12(11)2)16(10-17(19)20)13-5-7-15(18)8-6-13/h3-9,16H,10H2,1-2H3,(H,19,20). The lowest BCUT2D eigenvalue weighted by Crippen LogP contribution is -2.08. The van der Waals surface area contributed by atoms with Gasteiger partial charge in [-0.1, -0.05) is 41.9 Å². The van der Waals surface area contributed by atoms with Gasteiger partial charge in [-0.15, -0.1) is 0 Å². The molecular formula is C17H17ClO2. The van der Waals surface area contributed by atoms with Crippen LogP contribution in [0.15, 0.2) is 42.5 Å². The predicted molar refractivity (Wildman–Crippen MR) is 81.5 cm³/mol. The van der Waals surface area contributed by atoms with Crippen molar-refractivity contribution >= 4 is 17.6 Å². The number of carboxylic acid groups (broad SMARTS) is 1. The van der Waals surface area contributed by atoms with Crippen molar-refractivity contribution in [3.8, 4) is 0 Å². The minimum atomic E-state index is -0.803. The number of hydrogen-bond donors (Lipinski definition) is 1. The Morgan fingerprint density at radius 3 is 2.20 bits per heavy atom. The molecule has 3 heteroatoms. The molecule has 0 bridgehead atoms. The molecule has 2 nitrogen and oxygen atoms in total. The third kappa shape index (κ3) is 3.40. The molecule has 20 heavy (non-hydrogen) atoms. The molecule has 0 fully saturated rings. The number of halogens is 1. The molecule has 2 aromatic rings. The Bertz CT molecular complexity index is 617. The highest BCUT2D eigenvalue weighted by molar-refractivity contribution is 6.30. The molecule has 0 aliphatic rings. The molecule has 2 rings (SSSR count). The summed E-state index contributed by atoms with van der Waals surface area (Å²) in [7, 11) is 0. The van der Waals surface area contributed by atoms with Crippen LogP contribution in [0.25, 0.3) is 0 Å². The maximum Gasteiger partial charge on any atom is 0.304 e. The average molecular weight is 289 g/mol. The lowest BCUT2D eigenvalue weighted by atomic mass is 9.87. The summed E-state index contributed by atoms with van der Waals surface area (Å²) < 4.78 is 0. The Kier molecular flexibility index (Phi) is 4.46. The molecule has 0 amide bonds. The number of aliphatic carboxylic acids is 1.